The van der Waals surface area contributed by atoms with E-state index in [2.05, 4.69) is 10.3 Å². The van der Waals surface area contributed by atoms with Crippen LogP contribution in [0.25, 0.3) is 11.3 Å². The minimum atomic E-state index is -4.36. The minimum Gasteiger partial charge on any atom is -0.494 e. The number of aryl methyl sites for hydroxylation is 1. The second-order valence-electron chi connectivity index (χ2n) is 7.86. The number of unbranched alkanes of at least 4 members (excludes halogenated alkanes) is 1. The molecule has 2 aromatic carbocycles. The molecule has 3 rings (SSSR count). The first-order valence-corrected chi connectivity index (χ1v) is 11.1. The maximum absolute atomic E-state index is 12.7. The molecule has 3 aromatic rings. The van der Waals surface area contributed by atoms with Gasteiger partial charge in [0.15, 0.2) is 0 Å². The number of carboxylic acids is 1. The Morgan fingerprint density at radius 2 is 1.66 bits per heavy atom. The molecule has 6 nitrogen and oxygen atoms in total. The third kappa shape index (κ3) is 8.13. The van der Waals surface area contributed by atoms with Crippen molar-refractivity contribution >= 4 is 11.9 Å². The molecule has 9 heteroatoms. The highest BCUT2D eigenvalue weighted by Crippen LogP contribution is 2.30. The van der Waals surface area contributed by atoms with E-state index in [0.29, 0.717) is 29.2 Å². The summed E-state index contributed by atoms with van der Waals surface area (Å²) in [6.07, 6.45) is -0.299. The molecule has 0 spiro atoms. The van der Waals surface area contributed by atoms with E-state index in [4.69, 9.17) is 9.84 Å². The van der Waals surface area contributed by atoms with Crippen molar-refractivity contribution in [1.82, 2.24) is 10.3 Å². The van der Waals surface area contributed by atoms with Crippen molar-refractivity contribution < 1.29 is 32.6 Å². The van der Waals surface area contributed by atoms with Gasteiger partial charge in [-0.3, -0.25) is 14.6 Å². The van der Waals surface area contributed by atoms with E-state index < -0.39 is 17.7 Å². The Labute approximate surface area is 200 Å². The predicted molar refractivity (Wildman–Crippen MR) is 124 cm³/mol. The molecule has 0 atom stereocenters. The summed E-state index contributed by atoms with van der Waals surface area (Å²) in [4.78, 5) is 26.8. The van der Waals surface area contributed by atoms with Crippen LogP contribution >= 0.6 is 0 Å². The van der Waals surface area contributed by atoms with E-state index in [1.807, 2.05) is 6.07 Å². The SMILES string of the molecule is O=C(O)CCNC(=O)c1ccc(OCCCCc2ccc(-c3ccc(C(F)(F)F)cc3)nc2)cc1. The normalized spacial score (nSPS) is 11.2. The molecule has 0 fully saturated rings. The zero-order valence-electron chi connectivity index (χ0n) is 18.8. The number of carboxylic acid groups (broad SMARTS) is 1. The highest BCUT2D eigenvalue weighted by molar-refractivity contribution is 5.94. The Hall–Kier alpha value is -3.88. The average molecular weight is 486 g/mol. The fourth-order valence-electron chi connectivity index (χ4n) is 3.28. The van der Waals surface area contributed by atoms with Crippen LogP contribution in [0.15, 0.2) is 66.9 Å². The van der Waals surface area contributed by atoms with Crippen molar-refractivity contribution in [3.05, 3.63) is 83.6 Å². The number of amides is 1. The van der Waals surface area contributed by atoms with Gasteiger partial charge in [0.25, 0.3) is 5.91 Å². The summed E-state index contributed by atoms with van der Waals surface area (Å²) >= 11 is 0. The monoisotopic (exact) mass is 486 g/mol. The summed E-state index contributed by atoms with van der Waals surface area (Å²) in [6, 6.07) is 15.3. The number of halogens is 3. The number of carbonyl (C=O) groups is 2. The van der Waals surface area contributed by atoms with Crippen molar-refractivity contribution in [1.29, 1.82) is 0 Å². The molecule has 35 heavy (non-hydrogen) atoms. The highest BCUT2D eigenvalue weighted by atomic mass is 19.4. The number of carbonyl (C=O) groups excluding carboxylic acids is 1. The van der Waals surface area contributed by atoms with E-state index >= 15 is 0 Å². The lowest BCUT2D eigenvalue weighted by Gasteiger charge is -2.09. The zero-order valence-corrected chi connectivity index (χ0v) is 18.8. The number of nitrogens with one attached hydrogen (secondary N) is 1. The van der Waals surface area contributed by atoms with Crippen LogP contribution in [-0.2, 0) is 17.4 Å². The molecule has 1 aromatic heterocycles. The van der Waals surface area contributed by atoms with E-state index in [-0.39, 0.29) is 18.9 Å². The summed E-state index contributed by atoms with van der Waals surface area (Å²) in [5, 5.41) is 11.1. The predicted octanol–water partition coefficient (Wildman–Crippen LogP) is 5.37. The van der Waals surface area contributed by atoms with Gasteiger partial charge in [0.2, 0.25) is 0 Å². The molecule has 0 saturated carbocycles. The smallest absolute Gasteiger partial charge is 0.416 e. The van der Waals surface area contributed by atoms with Crippen LogP contribution in [0.5, 0.6) is 5.75 Å². The zero-order chi connectivity index (χ0) is 25.3. The number of alkyl halides is 3. The lowest BCUT2D eigenvalue weighted by molar-refractivity contribution is -0.138. The number of benzene rings is 2. The van der Waals surface area contributed by atoms with Crippen LogP contribution in [0.1, 0.15) is 40.7 Å². The molecule has 0 radical (unpaired) electrons. The quantitative estimate of drug-likeness (QED) is 0.356. The highest BCUT2D eigenvalue weighted by Gasteiger charge is 2.30. The van der Waals surface area contributed by atoms with Gasteiger partial charge in [0.05, 0.1) is 24.3 Å². The second kappa shape index (κ2) is 12.0. The van der Waals surface area contributed by atoms with Gasteiger partial charge in [0.1, 0.15) is 5.75 Å². The molecular weight excluding hydrogens is 461 g/mol. The van der Waals surface area contributed by atoms with Gasteiger partial charge < -0.3 is 15.2 Å². The molecule has 0 aliphatic rings. The number of pyridine rings is 1. The second-order valence-corrected chi connectivity index (χ2v) is 7.86. The lowest BCUT2D eigenvalue weighted by atomic mass is 10.1. The van der Waals surface area contributed by atoms with Crippen LogP contribution in [0.3, 0.4) is 0 Å². The van der Waals surface area contributed by atoms with Crippen molar-refractivity contribution in [2.45, 2.75) is 31.9 Å². The molecule has 0 bridgehead atoms. The first-order chi connectivity index (χ1) is 16.7. The molecule has 1 heterocycles. The number of ether oxygens (including phenoxy) is 1. The molecule has 0 unspecified atom stereocenters. The summed E-state index contributed by atoms with van der Waals surface area (Å²) in [7, 11) is 0. The molecular formula is C26H25F3N2O4. The Kier molecular flexibility index (Phi) is 8.83. The first kappa shape index (κ1) is 25.7. The largest absolute Gasteiger partial charge is 0.494 e. The van der Waals surface area contributed by atoms with Gasteiger partial charge in [-0.2, -0.15) is 13.2 Å². The third-order valence-corrected chi connectivity index (χ3v) is 5.20. The Morgan fingerprint density at radius 3 is 2.26 bits per heavy atom. The van der Waals surface area contributed by atoms with Gasteiger partial charge in [-0.15, -0.1) is 0 Å². The maximum atomic E-state index is 12.7. The Bertz CT molecular complexity index is 1110. The first-order valence-electron chi connectivity index (χ1n) is 11.1. The van der Waals surface area contributed by atoms with Crippen molar-refractivity contribution in [2.24, 2.45) is 0 Å². The van der Waals surface area contributed by atoms with E-state index in [0.717, 1.165) is 37.0 Å². The number of hydrogen-bond acceptors (Lipinski definition) is 4. The van der Waals surface area contributed by atoms with E-state index in [9.17, 15) is 22.8 Å². The fourth-order valence-corrected chi connectivity index (χ4v) is 3.28. The number of rotatable bonds is 11. The Morgan fingerprint density at radius 1 is 0.943 bits per heavy atom. The van der Waals surface area contributed by atoms with Gasteiger partial charge in [-0.05, 0) is 67.3 Å². The van der Waals surface area contributed by atoms with Crippen LogP contribution in [-0.4, -0.2) is 35.1 Å². The van der Waals surface area contributed by atoms with Crippen LogP contribution in [0.2, 0.25) is 0 Å². The fraction of sp³-hybridized carbons (Fsp3) is 0.269. The summed E-state index contributed by atoms with van der Waals surface area (Å²) in [5.74, 6) is -0.675. The number of nitrogens with zero attached hydrogens (tertiary/aromatic N) is 1. The molecule has 1 amide bonds. The average Bonchev–Trinajstić information content (AvgIpc) is 2.84. The van der Waals surface area contributed by atoms with Gasteiger partial charge in [-0.25, -0.2) is 0 Å². The molecule has 184 valence electrons. The molecule has 0 aliphatic carbocycles. The molecule has 0 saturated heterocycles. The van der Waals surface area contributed by atoms with E-state index in [1.165, 1.54) is 12.1 Å². The summed E-state index contributed by atoms with van der Waals surface area (Å²) in [6.45, 7) is 0.570. The van der Waals surface area contributed by atoms with Gasteiger partial charge in [0, 0.05) is 23.9 Å². The summed E-state index contributed by atoms with van der Waals surface area (Å²) < 4.78 is 43.8. The third-order valence-electron chi connectivity index (χ3n) is 5.20. The van der Waals surface area contributed by atoms with Crippen LogP contribution in [0, 0.1) is 0 Å². The van der Waals surface area contributed by atoms with Crippen molar-refractivity contribution in [2.75, 3.05) is 13.2 Å². The maximum Gasteiger partial charge on any atom is 0.416 e. The lowest BCUT2D eigenvalue weighted by Crippen LogP contribution is -2.25. The number of hydrogen-bond donors (Lipinski definition) is 2. The van der Waals surface area contributed by atoms with Gasteiger partial charge >= 0.3 is 12.1 Å². The van der Waals surface area contributed by atoms with Crippen LogP contribution in [0.4, 0.5) is 13.2 Å². The number of aliphatic carboxylic acids is 1. The Balaban J connectivity index is 1.38. The van der Waals surface area contributed by atoms with Gasteiger partial charge in [-0.1, -0.05) is 18.2 Å². The number of aromatic nitrogens is 1. The summed E-state index contributed by atoms with van der Waals surface area (Å²) in [5.41, 5.74) is 2.01. The van der Waals surface area contributed by atoms with Crippen LogP contribution < -0.4 is 10.1 Å². The topological polar surface area (TPSA) is 88.5 Å². The standard InChI is InChI=1S/C26H25F3N2O4/c27-26(28,29)21-9-5-19(6-10-21)23-13-4-18(17-31-23)3-1-2-16-35-22-11-7-20(8-12-22)25(34)30-15-14-24(32)33/h4-13,17H,1-3,14-16H2,(H,30,34)(H,32,33). The van der Waals surface area contributed by atoms with E-state index in [1.54, 1.807) is 36.5 Å². The molecule has 0 aliphatic heterocycles. The minimum absolute atomic E-state index is 0.0692. The van der Waals surface area contributed by atoms with Crippen molar-refractivity contribution in [3.63, 3.8) is 0 Å². The van der Waals surface area contributed by atoms with Crippen molar-refractivity contribution in [3.8, 4) is 17.0 Å². The molecule has 2 N–H and O–H groups in total.